The summed E-state index contributed by atoms with van der Waals surface area (Å²) in [6.45, 7) is 4.64. The first-order valence-electron chi connectivity index (χ1n) is 5.91. The average Bonchev–Trinajstić information content (AvgIpc) is 2.67. The Kier molecular flexibility index (Phi) is 4.74. The van der Waals surface area contributed by atoms with E-state index in [0.717, 1.165) is 6.42 Å². The number of carboxylic acid groups (broad SMARTS) is 1. The quantitative estimate of drug-likeness (QED) is 0.661. The molecule has 0 aliphatic carbocycles. The number of β-amino-alcohol motifs (C(OH)–C–C–N with tert-alkyl or cyclic N) is 1. The van der Waals surface area contributed by atoms with Crippen LogP contribution in [-0.2, 0) is 4.79 Å². The molecule has 0 spiro atoms. The Labute approximate surface area is 101 Å². The van der Waals surface area contributed by atoms with Crippen LogP contribution in [0.3, 0.4) is 0 Å². The summed E-state index contributed by atoms with van der Waals surface area (Å²) < 4.78 is 0. The van der Waals surface area contributed by atoms with Crippen LogP contribution in [-0.4, -0.2) is 52.3 Å². The molecular weight excluding hydrogens is 224 g/mol. The second-order valence-electron chi connectivity index (χ2n) is 4.60. The predicted octanol–water partition coefficient (Wildman–Crippen LogP) is 0.262. The smallest absolute Gasteiger partial charge is 0.326 e. The van der Waals surface area contributed by atoms with E-state index in [1.54, 1.807) is 0 Å². The summed E-state index contributed by atoms with van der Waals surface area (Å²) in [5.41, 5.74) is 0. The molecule has 0 saturated carbocycles. The molecule has 0 aromatic carbocycles. The van der Waals surface area contributed by atoms with Crippen LogP contribution in [0.1, 0.15) is 26.7 Å². The molecule has 0 bridgehead atoms. The van der Waals surface area contributed by atoms with Crippen LogP contribution in [0.15, 0.2) is 0 Å². The minimum atomic E-state index is -1.07. The maximum absolute atomic E-state index is 11.8. The van der Waals surface area contributed by atoms with Crippen LogP contribution in [0.2, 0.25) is 0 Å². The Morgan fingerprint density at radius 3 is 2.71 bits per heavy atom. The number of hydrogen-bond acceptors (Lipinski definition) is 3. The monoisotopic (exact) mass is 244 g/mol. The molecule has 17 heavy (non-hydrogen) atoms. The summed E-state index contributed by atoms with van der Waals surface area (Å²) >= 11 is 0. The van der Waals surface area contributed by atoms with Gasteiger partial charge in [-0.1, -0.05) is 20.3 Å². The number of urea groups is 1. The van der Waals surface area contributed by atoms with Crippen molar-refractivity contribution in [3.8, 4) is 0 Å². The normalized spacial score (nSPS) is 25.7. The van der Waals surface area contributed by atoms with E-state index < -0.39 is 24.1 Å². The molecule has 0 aromatic heterocycles. The lowest BCUT2D eigenvalue weighted by Gasteiger charge is -2.22. The van der Waals surface area contributed by atoms with Gasteiger partial charge in [0.25, 0.3) is 0 Å². The number of carbonyl (C=O) groups is 2. The topological polar surface area (TPSA) is 89.9 Å². The number of likely N-dealkylation sites (tertiary alicyclic amines) is 1. The summed E-state index contributed by atoms with van der Waals surface area (Å²) in [4.78, 5) is 23.9. The molecule has 1 rings (SSSR count). The fourth-order valence-corrected chi connectivity index (χ4v) is 1.78. The highest BCUT2D eigenvalue weighted by Gasteiger charge is 2.38. The maximum atomic E-state index is 11.8. The second kappa shape index (κ2) is 5.86. The molecule has 3 unspecified atom stereocenters. The van der Waals surface area contributed by atoms with Crippen molar-refractivity contribution in [3.63, 3.8) is 0 Å². The molecule has 3 N–H and O–H groups in total. The molecule has 6 nitrogen and oxygen atoms in total. The summed E-state index contributed by atoms with van der Waals surface area (Å²) in [5, 5.41) is 21.0. The number of hydrogen-bond donors (Lipinski definition) is 3. The van der Waals surface area contributed by atoms with Crippen molar-refractivity contribution in [2.24, 2.45) is 5.92 Å². The highest BCUT2D eigenvalue weighted by atomic mass is 16.4. The van der Waals surface area contributed by atoms with Crippen molar-refractivity contribution >= 4 is 12.0 Å². The molecule has 6 heteroatoms. The van der Waals surface area contributed by atoms with Crippen LogP contribution < -0.4 is 5.32 Å². The van der Waals surface area contributed by atoms with E-state index in [4.69, 9.17) is 5.11 Å². The van der Waals surface area contributed by atoms with Crippen LogP contribution in [0.5, 0.6) is 0 Å². The summed E-state index contributed by atoms with van der Waals surface area (Å²) in [6, 6.07) is -1.32. The van der Waals surface area contributed by atoms with Gasteiger partial charge in [-0.2, -0.15) is 0 Å². The van der Waals surface area contributed by atoms with Crippen molar-refractivity contribution in [1.82, 2.24) is 10.2 Å². The third kappa shape index (κ3) is 3.59. The number of amides is 2. The molecule has 1 fully saturated rings. The van der Waals surface area contributed by atoms with Crippen LogP contribution >= 0.6 is 0 Å². The molecule has 2 amide bonds. The number of aliphatic hydroxyl groups is 1. The lowest BCUT2D eigenvalue weighted by molar-refractivity contribution is -0.141. The van der Waals surface area contributed by atoms with E-state index in [-0.39, 0.29) is 13.0 Å². The highest BCUT2D eigenvalue weighted by molar-refractivity contribution is 5.83. The molecule has 98 valence electrons. The van der Waals surface area contributed by atoms with E-state index in [0.29, 0.717) is 12.5 Å². The number of aliphatic hydroxyl groups excluding tert-OH is 1. The van der Waals surface area contributed by atoms with Crippen molar-refractivity contribution in [1.29, 1.82) is 0 Å². The van der Waals surface area contributed by atoms with Crippen LogP contribution in [0, 0.1) is 5.92 Å². The lowest BCUT2D eigenvalue weighted by Crippen LogP contribution is -2.47. The first kappa shape index (κ1) is 13.8. The molecule has 0 radical (unpaired) electrons. The summed E-state index contributed by atoms with van der Waals surface area (Å²) in [7, 11) is 0. The largest absolute Gasteiger partial charge is 0.480 e. The molecule has 1 aliphatic heterocycles. The van der Waals surface area contributed by atoms with Crippen molar-refractivity contribution in [3.05, 3.63) is 0 Å². The highest BCUT2D eigenvalue weighted by Crippen LogP contribution is 2.18. The molecule has 1 saturated heterocycles. The SMILES string of the molecule is CCC(C)CNC(=O)N1CC(O)CC1C(=O)O. The van der Waals surface area contributed by atoms with Gasteiger partial charge in [-0.3, -0.25) is 0 Å². The molecule has 0 aromatic rings. The number of aliphatic carboxylic acids is 1. The fourth-order valence-electron chi connectivity index (χ4n) is 1.78. The number of carbonyl (C=O) groups excluding carboxylic acids is 1. The number of rotatable bonds is 4. The van der Waals surface area contributed by atoms with Gasteiger partial charge in [-0.15, -0.1) is 0 Å². The van der Waals surface area contributed by atoms with E-state index in [1.165, 1.54) is 4.90 Å². The van der Waals surface area contributed by atoms with Gasteiger partial charge < -0.3 is 20.4 Å². The van der Waals surface area contributed by atoms with Crippen LogP contribution in [0.25, 0.3) is 0 Å². The predicted molar refractivity (Wildman–Crippen MR) is 61.6 cm³/mol. The third-order valence-electron chi connectivity index (χ3n) is 3.12. The fraction of sp³-hybridized carbons (Fsp3) is 0.818. The average molecular weight is 244 g/mol. The molecule has 1 heterocycles. The lowest BCUT2D eigenvalue weighted by atomic mass is 10.1. The van der Waals surface area contributed by atoms with E-state index in [2.05, 4.69) is 5.32 Å². The first-order chi connectivity index (χ1) is 7.95. The van der Waals surface area contributed by atoms with Gasteiger partial charge in [0.1, 0.15) is 6.04 Å². The van der Waals surface area contributed by atoms with Gasteiger partial charge in [-0.05, 0) is 5.92 Å². The number of nitrogens with zero attached hydrogens (tertiary/aromatic N) is 1. The number of carboxylic acids is 1. The minimum Gasteiger partial charge on any atom is -0.480 e. The van der Waals surface area contributed by atoms with Gasteiger partial charge in [-0.25, -0.2) is 9.59 Å². The van der Waals surface area contributed by atoms with Gasteiger partial charge >= 0.3 is 12.0 Å². The summed E-state index contributed by atoms with van der Waals surface area (Å²) in [6.07, 6.45) is 0.308. The second-order valence-corrected chi connectivity index (χ2v) is 4.60. The zero-order chi connectivity index (χ0) is 13.0. The molecule has 1 aliphatic rings. The van der Waals surface area contributed by atoms with Crippen LogP contribution in [0.4, 0.5) is 4.79 Å². The standard InChI is InChI=1S/C11H20N2O4/c1-3-7(2)5-12-11(17)13-6-8(14)4-9(13)10(15)16/h7-9,14H,3-6H2,1-2H3,(H,12,17)(H,15,16). The zero-order valence-electron chi connectivity index (χ0n) is 10.2. The van der Waals surface area contributed by atoms with Gasteiger partial charge in [0.2, 0.25) is 0 Å². The Bertz CT molecular complexity index is 295. The van der Waals surface area contributed by atoms with E-state index in [9.17, 15) is 14.7 Å². The zero-order valence-corrected chi connectivity index (χ0v) is 10.2. The third-order valence-corrected chi connectivity index (χ3v) is 3.12. The minimum absolute atomic E-state index is 0.0866. The van der Waals surface area contributed by atoms with Gasteiger partial charge in [0, 0.05) is 19.5 Å². The van der Waals surface area contributed by atoms with E-state index >= 15 is 0 Å². The molecule has 3 atom stereocenters. The first-order valence-corrected chi connectivity index (χ1v) is 5.91. The maximum Gasteiger partial charge on any atom is 0.326 e. The summed E-state index contributed by atoms with van der Waals surface area (Å²) in [5.74, 6) is -0.713. The van der Waals surface area contributed by atoms with Crippen molar-refractivity contribution in [2.75, 3.05) is 13.1 Å². The number of nitrogens with one attached hydrogen (secondary N) is 1. The Hall–Kier alpha value is -1.30. The van der Waals surface area contributed by atoms with Crippen molar-refractivity contribution < 1.29 is 19.8 Å². The Morgan fingerprint density at radius 1 is 1.53 bits per heavy atom. The Morgan fingerprint density at radius 2 is 2.18 bits per heavy atom. The molecular formula is C11H20N2O4. The van der Waals surface area contributed by atoms with Crippen molar-refractivity contribution in [2.45, 2.75) is 38.8 Å². The Balaban J connectivity index is 2.52. The van der Waals surface area contributed by atoms with Gasteiger partial charge in [0.15, 0.2) is 0 Å². The van der Waals surface area contributed by atoms with Gasteiger partial charge in [0.05, 0.1) is 6.10 Å². The van der Waals surface area contributed by atoms with E-state index in [1.807, 2.05) is 13.8 Å².